The molecule has 0 amide bonds. The maximum atomic E-state index is 10.9. The highest BCUT2D eigenvalue weighted by molar-refractivity contribution is 5.63. The zero-order valence-electron chi connectivity index (χ0n) is 11.2. The molecular weight excluding hydrogens is 244 g/mol. The second-order valence-electron chi connectivity index (χ2n) is 4.56. The van der Waals surface area contributed by atoms with Crippen molar-refractivity contribution >= 4 is 11.4 Å². The summed E-state index contributed by atoms with van der Waals surface area (Å²) in [6.07, 6.45) is 0. The minimum atomic E-state index is -0.467. The molecule has 2 aromatic rings. The van der Waals surface area contributed by atoms with Crippen LogP contribution in [0, 0.1) is 30.9 Å². The van der Waals surface area contributed by atoms with Crippen molar-refractivity contribution in [2.24, 2.45) is 0 Å². The highest BCUT2D eigenvalue weighted by atomic mass is 16.6. The molecular formula is C13H16N4O2. The molecule has 0 aliphatic carbocycles. The van der Waals surface area contributed by atoms with Crippen molar-refractivity contribution in [3.63, 3.8) is 0 Å². The molecule has 100 valence electrons. The Bertz CT molecular complexity index is 646. The molecule has 0 bridgehead atoms. The van der Waals surface area contributed by atoms with E-state index in [1.165, 1.54) is 6.07 Å². The summed E-state index contributed by atoms with van der Waals surface area (Å²) in [5.74, 6) is 0. The fraction of sp³-hybridized carbons (Fsp3) is 0.308. The third-order valence-electron chi connectivity index (χ3n) is 3.43. The van der Waals surface area contributed by atoms with E-state index in [0.29, 0.717) is 12.1 Å². The van der Waals surface area contributed by atoms with Gasteiger partial charge in [0.2, 0.25) is 0 Å². The first-order valence-corrected chi connectivity index (χ1v) is 5.94. The van der Waals surface area contributed by atoms with Crippen molar-refractivity contribution in [2.45, 2.75) is 27.3 Å². The van der Waals surface area contributed by atoms with Gasteiger partial charge >= 0.3 is 0 Å². The first-order valence-electron chi connectivity index (χ1n) is 5.94. The second kappa shape index (κ2) is 4.72. The van der Waals surface area contributed by atoms with Crippen LogP contribution in [0.15, 0.2) is 18.2 Å². The molecule has 0 aliphatic rings. The molecule has 6 heteroatoms. The minimum Gasteiger partial charge on any atom is -0.393 e. The molecule has 0 fully saturated rings. The number of benzene rings is 1. The second-order valence-corrected chi connectivity index (χ2v) is 4.56. The van der Waals surface area contributed by atoms with Gasteiger partial charge in [-0.15, -0.1) is 0 Å². The first kappa shape index (κ1) is 13.1. The van der Waals surface area contributed by atoms with Crippen LogP contribution in [0.5, 0.6) is 0 Å². The van der Waals surface area contributed by atoms with Gasteiger partial charge in [-0.1, -0.05) is 12.1 Å². The molecule has 2 rings (SSSR count). The number of aromatic nitrogens is 2. The van der Waals surface area contributed by atoms with E-state index in [1.807, 2.05) is 25.5 Å². The molecule has 19 heavy (non-hydrogen) atoms. The van der Waals surface area contributed by atoms with Gasteiger partial charge in [-0.25, -0.2) is 0 Å². The molecule has 0 saturated heterocycles. The van der Waals surface area contributed by atoms with Crippen LogP contribution in [0.1, 0.15) is 22.5 Å². The normalized spacial score (nSPS) is 10.7. The zero-order valence-corrected chi connectivity index (χ0v) is 11.2. The van der Waals surface area contributed by atoms with Crippen molar-refractivity contribution in [2.75, 3.05) is 5.73 Å². The molecule has 2 N–H and O–H groups in total. The average molecular weight is 260 g/mol. The van der Waals surface area contributed by atoms with Gasteiger partial charge in [0.15, 0.2) is 0 Å². The summed E-state index contributed by atoms with van der Waals surface area (Å²) in [7, 11) is 0. The van der Waals surface area contributed by atoms with Crippen molar-refractivity contribution < 1.29 is 4.92 Å². The number of hydrogen-bond donors (Lipinski definition) is 1. The van der Waals surface area contributed by atoms with Gasteiger partial charge in [0.25, 0.3) is 5.69 Å². The monoisotopic (exact) mass is 260 g/mol. The number of nitrogens with zero attached hydrogens (tertiary/aromatic N) is 3. The van der Waals surface area contributed by atoms with E-state index in [9.17, 15) is 10.1 Å². The number of nitro groups is 1. The van der Waals surface area contributed by atoms with Crippen LogP contribution >= 0.6 is 0 Å². The minimum absolute atomic E-state index is 0.0595. The Morgan fingerprint density at radius 1 is 1.37 bits per heavy atom. The maximum absolute atomic E-state index is 10.9. The SMILES string of the molecule is Cc1nn(Cc2cccc([N+](=O)[O-])c2N)c(C)c1C. The van der Waals surface area contributed by atoms with Gasteiger partial charge in [-0.3, -0.25) is 14.8 Å². The van der Waals surface area contributed by atoms with E-state index >= 15 is 0 Å². The van der Waals surface area contributed by atoms with Crippen molar-refractivity contribution in [1.29, 1.82) is 0 Å². The smallest absolute Gasteiger partial charge is 0.292 e. The van der Waals surface area contributed by atoms with Crippen LogP contribution in [-0.4, -0.2) is 14.7 Å². The van der Waals surface area contributed by atoms with Crippen LogP contribution in [0.4, 0.5) is 11.4 Å². The predicted octanol–water partition coefficient (Wildman–Crippen LogP) is 2.35. The fourth-order valence-electron chi connectivity index (χ4n) is 2.00. The quantitative estimate of drug-likeness (QED) is 0.521. The lowest BCUT2D eigenvalue weighted by atomic mass is 10.1. The molecule has 6 nitrogen and oxygen atoms in total. The number of hydrogen-bond acceptors (Lipinski definition) is 4. The number of nitrogens with two attached hydrogens (primary N) is 1. The summed E-state index contributed by atoms with van der Waals surface area (Å²) < 4.78 is 1.82. The lowest BCUT2D eigenvalue weighted by Gasteiger charge is -2.08. The number of para-hydroxylation sites is 1. The topological polar surface area (TPSA) is 87.0 Å². The Labute approximate surface area is 111 Å². The van der Waals surface area contributed by atoms with Gasteiger partial charge in [-0.2, -0.15) is 5.10 Å². The average Bonchev–Trinajstić information content (AvgIpc) is 2.59. The highest BCUT2D eigenvalue weighted by Crippen LogP contribution is 2.26. The van der Waals surface area contributed by atoms with Crippen LogP contribution < -0.4 is 5.73 Å². The number of nitro benzene ring substituents is 1. The summed E-state index contributed by atoms with van der Waals surface area (Å²) in [5, 5.41) is 15.3. The van der Waals surface area contributed by atoms with Crippen LogP contribution in [-0.2, 0) is 6.54 Å². The highest BCUT2D eigenvalue weighted by Gasteiger charge is 2.16. The van der Waals surface area contributed by atoms with E-state index in [2.05, 4.69) is 5.10 Å². The largest absolute Gasteiger partial charge is 0.393 e. The van der Waals surface area contributed by atoms with Gasteiger partial charge in [0, 0.05) is 17.3 Å². The number of aryl methyl sites for hydroxylation is 1. The van der Waals surface area contributed by atoms with Gasteiger partial charge in [-0.05, 0) is 26.3 Å². The molecule has 0 aliphatic heterocycles. The summed E-state index contributed by atoms with van der Waals surface area (Å²) in [6.45, 7) is 6.36. The summed E-state index contributed by atoms with van der Waals surface area (Å²) in [4.78, 5) is 10.4. The van der Waals surface area contributed by atoms with Gasteiger partial charge in [0.1, 0.15) is 5.69 Å². The number of nitrogen functional groups attached to an aromatic ring is 1. The maximum Gasteiger partial charge on any atom is 0.292 e. The molecule has 1 aromatic heterocycles. The van der Waals surface area contributed by atoms with Crippen molar-refractivity contribution in [3.8, 4) is 0 Å². The molecule has 0 radical (unpaired) electrons. The van der Waals surface area contributed by atoms with Gasteiger partial charge < -0.3 is 5.73 Å². The predicted molar refractivity (Wildman–Crippen MR) is 73.0 cm³/mol. The standard InChI is InChI=1S/C13H16N4O2/c1-8-9(2)15-16(10(8)3)7-11-5-4-6-12(13(11)14)17(18)19/h4-6H,7,14H2,1-3H3. The molecule has 0 saturated carbocycles. The first-order chi connectivity index (χ1) is 8.91. The summed E-state index contributed by atoms with van der Waals surface area (Å²) in [6, 6.07) is 4.84. The molecule has 1 aromatic carbocycles. The Kier molecular flexibility index (Phi) is 3.25. The third kappa shape index (κ3) is 2.29. The summed E-state index contributed by atoms with van der Waals surface area (Å²) >= 11 is 0. The summed E-state index contributed by atoms with van der Waals surface area (Å²) in [5.41, 5.74) is 9.83. The van der Waals surface area contributed by atoms with E-state index in [1.54, 1.807) is 12.1 Å². The molecule has 0 atom stereocenters. The Hall–Kier alpha value is -2.37. The Morgan fingerprint density at radius 3 is 2.58 bits per heavy atom. The zero-order chi connectivity index (χ0) is 14.2. The molecule has 0 spiro atoms. The number of anilines is 1. The van der Waals surface area contributed by atoms with Crippen LogP contribution in [0.2, 0.25) is 0 Å². The fourth-order valence-corrected chi connectivity index (χ4v) is 2.00. The number of rotatable bonds is 3. The van der Waals surface area contributed by atoms with Crippen LogP contribution in [0.25, 0.3) is 0 Å². The van der Waals surface area contributed by atoms with E-state index < -0.39 is 4.92 Å². The third-order valence-corrected chi connectivity index (χ3v) is 3.43. The molecule has 0 unspecified atom stereocenters. The van der Waals surface area contributed by atoms with E-state index in [-0.39, 0.29) is 11.4 Å². The van der Waals surface area contributed by atoms with E-state index in [4.69, 9.17) is 5.73 Å². The molecule has 1 heterocycles. The lowest BCUT2D eigenvalue weighted by Crippen LogP contribution is -2.08. The van der Waals surface area contributed by atoms with Crippen LogP contribution in [0.3, 0.4) is 0 Å². The van der Waals surface area contributed by atoms with Gasteiger partial charge in [0.05, 0.1) is 17.2 Å². The Balaban J connectivity index is 2.41. The van der Waals surface area contributed by atoms with Crippen molar-refractivity contribution in [3.05, 3.63) is 50.8 Å². The van der Waals surface area contributed by atoms with E-state index in [0.717, 1.165) is 17.0 Å². The Morgan fingerprint density at radius 2 is 2.05 bits per heavy atom. The lowest BCUT2D eigenvalue weighted by molar-refractivity contribution is -0.383. The van der Waals surface area contributed by atoms with Crippen molar-refractivity contribution in [1.82, 2.24) is 9.78 Å².